The third kappa shape index (κ3) is 5.96. The lowest BCUT2D eigenvalue weighted by Gasteiger charge is -2.37. The first-order chi connectivity index (χ1) is 16.6. The van der Waals surface area contributed by atoms with Gasteiger partial charge in [-0.25, -0.2) is 0 Å². The Kier molecular flexibility index (Phi) is 7.36. The number of amides is 1. The number of hydrogen-bond donors (Lipinski definition) is 3. The number of nitrogens with one attached hydrogen (secondary N) is 1. The lowest BCUT2D eigenvalue weighted by molar-refractivity contribution is -0.0424. The van der Waals surface area contributed by atoms with Crippen LogP contribution in [0.2, 0.25) is 5.02 Å². The van der Waals surface area contributed by atoms with E-state index in [-0.39, 0.29) is 11.3 Å². The number of halogens is 1. The molecule has 0 aromatic heterocycles. The standard InChI is InChI=1S/C28H32ClN3O3/c1-28(2,3)21-5-4-6-22(18-21)30-26(33)20-9-12-25(24(29)17-20)32-15-13-31(14-16-32)23-10-7-19(8-11-23)27(34)35/h4-12,17-18,27,34-35H,13-16H2,1-3H3,(H,30,33). The molecule has 0 saturated carbocycles. The minimum absolute atomic E-state index is 0.00108. The highest BCUT2D eigenvalue weighted by Crippen LogP contribution is 2.30. The van der Waals surface area contributed by atoms with Crippen LogP contribution in [0.5, 0.6) is 0 Å². The van der Waals surface area contributed by atoms with Crippen LogP contribution in [0.15, 0.2) is 66.7 Å². The van der Waals surface area contributed by atoms with E-state index < -0.39 is 6.29 Å². The number of rotatable bonds is 5. The molecule has 184 valence electrons. The van der Waals surface area contributed by atoms with Crippen molar-refractivity contribution in [3.05, 3.63) is 88.4 Å². The molecule has 0 atom stereocenters. The Morgan fingerprint density at radius 3 is 2.17 bits per heavy atom. The van der Waals surface area contributed by atoms with Gasteiger partial charge >= 0.3 is 0 Å². The summed E-state index contributed by atoms with van der Waals surface area (Å²) in [4.78, 5) is 17.3. The Morgan fingerprint density at radius 1 is 0.914 bits per heavy atom. The van der Waals surface area contributed by atoms with E-state index in [0.717, 1.165) is 48.8 Å². The maximum absolute atomic E-state index is 12.9. The van der Waals surface area contributed by atoms with Crippen molar-refractivity contribution in [2.75, 3.05) is 41.3 Å². The van der Waals surface area contributed by atoms with Crippen LogP contribution >= 0.6 is 11.6 Å². The first-order valence-electron chi connectivity index (χ1n) is 11.8. The number of nitrogens with zero attached hydrogens (tertiary/aromatic N) is 2. The van der Waals surface area contributed by atoms with Gasteiger partial charge in [0.25, 0.3) is 5.91 Å². The number of benzene rings is 3. The summed E-state index contributed by atoms with van der Waals surface area (Å²) in [6.07, 6.45) is -1.46. The third-order valence-corrected chi connectivity index (χ3v) is 6.68. The summed E-state index contributed by atoms with van der Waals surface area (Å²) in [6.45, 7) is 9.62. The molecule has 3 N–H and O–H groups in total. The highest BCUT2D eigenvalue weighted by Gasteiger charge is 2.21. The minimum Gasteiger partial charge on any atom is -0.368 e. The van der Waals surface area contributed by atoms with Crippen LogP contribution in [-0.2, 0) is 5.41 Å². The van der Waals surface area contributed by atoms with Gasteiger partial charge in [-0.05, 0) is 53.4 Å². The Labute approximate surface area is 211 Å². The molecule has 4 rings (SSSR count). The molecule has 0 radical (unpaired) electrons. The van der Waals surface area contributed by atoms with Crippen LogP contribution in [0.3, 0.4) is 0 Å². The molecular formula is C28H32ClN3O3. The van der Waals surface area contributed by atoms with Crippen molar-refractivity contribution in [1.29, 1.82) is 0 Å². The molecule has 1 fully saturated rings. The Morgan fingerprint density at radius 2 is 1.57 bits per heavy atom. The molecule has 3 aromatic rings. The zero-order valence-electron chi connectivity index (χ0n) is 20.3. The molecule has 1 aliphatic heterocycles. The lowest BCUT2D eigenvalue weighted by atomic mass is 9.87. The van der Waals surface area contributed by atoms with Gasteiger partial charge in [0.15, 0.2) is 6.29 Å². The second-order valence-corrected chi connectivity index (χ2v) is 10.3. The van der Waals surface area contributed by atoms with Gasteiger partial charge in [0, 0.05) is 48.7 Å². The van der Waals surface area contributed by atoms with Crippen LogP contribution in [0.1, 0.15) is 48.5 Å². The maximum Gasteiger partial charge on any atom is 0.255 e. The fourth-order valence-corrected chi connectivity index (χ4v) is 4.53. The average Bonchev–Trinajstić information content (AvgIpc) is 2.84. The van der Waals surface area contributed by atoms with Gasteiger partial charge in [-0.1, -0.05) is 56.6 Å². The Balaban J connectivity index is 1.39. The van der Waals surface area contributed by atoms with E-state index in [0.29, 0.717) is 16.1 Å². The second kappa shape index (κ2) is 10.3. The minimum atomic E-state index is -1.46. The van der Waals surface area contributed by atoms with E-state index >= 15 is 0 Å². The first kappa shape index (κ1) is 25.0. The number of aliphatic hydroxyl groups excluding tert-OH is 1. The van der Waals surface area contributed by atoms with E-state index in [1.165, 1.54) is 0 Å². The van der Waals surface area contributed by atoms with Crippen molar-refractivity contribution in [2.24, 2.45) is 0 Å². The third-order valence-electron chi connectivity index (χ3n) is 6.37. The van der Waals surface area contributed by atoms with Gasteiger partial charge < -0.3 is 25.3 Å². The molecule has 0 spiro atoms. The van der Waals surface area contributed by atoms with Crippen LogP contribution in [-0.4, -0.2) is 42.3 Å². The van der Waals surface area contributed by atoms with Crippen molar-refractivity contribution < 1.29 is 15.0 Å². The van der Waals surface area contributed by atoms with Crippen LogP contribution < -0.4 is 15.1 Å². The number of piperazine rings is 1. The predicted octanol–water partition coefficient (Wildman–Crippen LogP) is 5.20. The fraction of sp³-hybridized carbons (Fsp3) is 0.321. The quantitative estimate of drug-likeness (QED) is 0.426. The van der Waals surface area contributed by atoms with Crippen LogP contribution in [0.4, 0.5) is 17.1 Å². The Hall–Kier alpha value is -3.06. The highest BCUT2D eigenvalue weighted by molar-refractivity contribution is 6.33. The van der Waals surface area contributed by atoms with Crippen LogP contribution in [0, 0.1) is 0 Å². The molecule has 0 unspecified atom stereocenters. The summed E-state index contributed by atoms with van der Waals surface area (Å²) in [5, 5.41) is 22.1. The van der Waals surface area contributed by atoms with Crippen molar-refractivity contribution in [3.8, 4) is 0 Å². The molecule has 1 aliphatic rings. The normalized spacial score (nSPS) is 14.4. The molecule has 1 amide bonds. The van der Waals surface area contributed by atoms with Crippen molar-refractivity contribution in [2.45, 2.75) is 32.5 Å². The number of aliphatic hydroxyl groups is 2. The zero-order valence-corrected chi connectivity index (χ0v) is 21.1. The average molecular weight is 494 g/mol. The molecule has 1 heterocycles. The zero-order chi connectivity index (χ0) is 25.2. The van der Waals surface area contributed by atoms with Crippen molar-refractivity contribution >= 4 is 34.6 Å². The van der Waals surface area contributed by atoms with Gasteiger partial charge in [-0.2, -0.15) is 0 Å². The van der Waals surface area contributed by atoms with Gasteiger partial charge in [0.05, 0.1) is 10.7 Å². The summed E-state index contributed by atoms with van der Waals surface area (Å²) in [7, 11) is 0. The summed E-state index contributed by atoms with van der Waals surface area (Å²) in [5.41, 5.74) is 4.88. The molecule has 3 aromatic carbocycles. The molecule has 35 heavy (non-hydrogen) atoms. The molecule has 7 heteroatoms. The second-order valence-electron chi connectivity index (χ2n) is 9.89. The monoisotopic (exact) mass is 493 g/mol. The SMILES string of the molecule is CC(C)(C)c1cccc(NC(=O)c2ccc(N3CCN(c4ccc(C(O)O)cc4)CC3)c(Cl)c2)c1. The highest BCUT2D eigenvalue weighted by atomic mass is 35.5. The fourth-order valence-electron chi connectivity index (χ4n) is 4.23. The topological polar surface area (TPSA) is 76.0 Å². The molecule has 0 bridgehead atoms. The summed E-state index contributed by atoms with van der Waals surface area (Å²) in [5.74, 6) is -0.189. The van der Waals surface area contributed by atoms with E-state index in [2.05, 4.69) is 42.0 Å². The smallest absolute Gasteiger partial charge is 0.255 e. The van der Waals surface area contributed by atoms with Gasteiger partial charge in [-0.3, -0.25) is 4.79 Å². The molecule has 0 aliphatic carbocycles. The number of hydrogen-bond acceptors (Lipinski definition) is 5. The lowest BCUT2D eigenvalue weighted by Crippen LogP contribution is -2.46. The number of carbonyl (C=O) groups is 1. The summed E-state index contributed by atoms with van der Waals surface area (Å²) < 4.78 is 0. The van der Waals surface area contributed by atoms with E-state index in [1.807, 2.05) is 42.5 Å². The maximum atomic E-state index is 12.9. The van der Waals surface area contributed by atoms with Crippen molar-refractivity contribution in [1.82, 2.24) is 0 Å². The summed E-state index contributed by atoms with van der Waals surface area (Å²) in [6, 6.07) is 20.6. The summed E-state index contributed by atoms with van der Waals surface area (Å²) >= 11 is 6.61. The van der Waals surface area contributed by atoms with E-state index in [1.54, 1.807) is 18.2 Å². The van der Waals surface area contributed by atoms with Gasteiger partial charge in [0.2, 0.25) is 0 Å². The molecule has 6 nitrogen and oxygen atoms in total. The van der Waals surface area contributed by atoms with Gasteiger partial charge in [0.1, 0.15) is 0 Å². The number of anilines is 3. The molecular weight excluding hydrogens is 462 g/mol. The van der Waals surface area contributed by atoms with E-state index in [9.17, 15) is 15.0 Å². The Bertz CT molecular complexity index is 1180. The van der Waals surface area contributed by atoms with Gasteiger partial charge in [-0.15, -0.1) is 0 Å². The first-order valence-corrected chi connectivity index (χ1v) is 12.2. The van der Waals surface area contributed by atoms with Crippen LogP contribution in [0.25, 0.3) is 0 Å². The predicted molar refractivity (Wildman–Crippen MR) is 143 cm³/mol. The van der Waals surface area contributed by atoms with Crippen molar-refractivity contribution in [3.63, 3.8) is 0 Å². The molecule has 1 saturated heterocycles. The van der Waals surface area contributed by atoms with E-state index in [4.69, 9.17) is 11.6 Å². The largest absolute Gasteiger partial charge is 0.368 e. The number of carbonyl (C=O) groups excluding carboxylic acids is 1.